The second kappa shape index (κ2) is 14.0. The number of rotatable bonds is 10. The van der Waals surface area contributed by atoms with Crippen molar-refractivity contribution in [3.63, 3.8) is 0 Å². The van der Waals surface area contributed by atoms with Crippen LogP contribution in [0.25, 0.3) is 0 Å². The van der Waals surface area contributed by atoms with E-state index in [0.29, 0.717) is 30.4 Å². The zero-order valence-electron chi connectivity index (χ0n) is 15.4. The van der Waals surface area contributed by atoms with Crippen LogP contribution in [0.15, 0.2) is 10.4 Å². The van der Waals surface area contributed by atoms with Crippen molar-refractivity contribution in [1.29, 1.82) is 0 Å². The minimum absolute atomic E-state index is 0. The average Bonchev–Trinajstić information content (AvgIpc) is 3.08. The molecule has 1 heterocycles. The molecule has 0 aromatic carbocycles. The first-order chi connectivity index (χ1) is 12.4. The highest BCUT2D eigenvalue weighted by Gasteiger charge is 2.33. The van der Waals surface area contributed by atoms with Crippen LogP contribution in [0.1, 0.15) is 42.8 Å². The number of thiazole rings is 1. The Morgan fingerprint density at radius 2 is 1.89 bits per heavy atom. The van der Waals surface area contributed by atoms with E-state index in [4.69, 9.17) is 0 Å². The van der Waals surface area contributed by atoms with E-state index in [1.807, 2.05) is 0 Å². The predicted octanol–water partition coefficient (Wildman–Crippen LogP) is 3.61. The van der Waals surface area contributed by atoms with Crippen molar-refractivity contribution >= 4 is 47.2 Å². The Hall–Kier alpha value is -1.11. The van der Waals surface area contributed by atoms with Crippen LogP contribution in [-0.4, -0.2) is 44.2 Å². The molecule has 6 nitrogen and oxygen atoms in total. The van der Waals surface area contributed by atoms with Gasteiger partial charge >= 0.3 is 12.1 Å². The third kappa shape index (κ3) is 11.4. The number of ether oxygens (including phenoxy) is 1. The van der Waals surface area contributed by atoms with E-state index in [1.54, 1.807) is 7.05 Å². The number of hydrogen-bond acceptors (Lipinski definition) is 5. The molecule has 0 unspecified atom stereocenters. The first kappa shape index (κ1) is 25.9. The van der Waals surface area contributed by atoms with Gasteiger partial charge in [-0.3, -0.25) is 9.79 Å². The van der Waals surface area contributed by atoms with Crippen molar-refractivity contribution in [3.8, 4) is 0 Å². The highest BCUT2D eigenvalue weighted by molar-refractivity contribution is 14.0. The Morgan fingerprint density at radius 1 is 1.22 bits per heavy atom. The molecule has 0 aliphatic heterocycles. The van der Waals surface area contributed by atoms with Crippen molar-refractivity contribution in [3.05, 3.63) is 16.1 Å². The van der Waals surface area contributed by atoms with Gasteiger partial charge in [0.05, 0.1) is 12.1 Å². The van der Waals surface area contributed by atoms with Gasteiger partial charge in [0.1, 0.15) is 0 Å². The van der Waals surface area contributed by atoms with Crippen LogP contribution < -0.4 is 10.6 Å². The monoisotopic (exact) mass is 522 g/mol. The number of esters is 1. The molecule has 1 rings (SSSR count). The Morgan fingerprint density at radius 3 is 2.48 bits per heavy atom. The van der Waals surface area contributed by atoms with Crippen molar-refractivity contribution in [1.82, 2.24) is 15.6 Å². The summed E-state index contributed by atoms with van der Waals surface area (Å²) < 4.78 is 42.0. The normalized spacial score (nSPS) is 11.7. The predicted molar refractivity (Wildman–Crippen MR) is 111 cm³/mol. The maximum Gasteiger partial charge on any atom is 0.434 e. The summed E-state index contributed by atoms with van der Waals surface area (Å²) in [5.74, 6) is 0.419. The number of carbonyl (C=O) groups is 1. The van der Waals surface area contributed by atoms with E-state index in [-0.39, 0.29) is 29.9 Å². The lowest BCUT2D eigenvalue weighted by atomic mass is 10.1. The summed E-state index contributed by atoms with van der Waals surface area (Å²) >= 11 is 1.00. The van der Waals surface area contributed by atoms with Crippen LogP contribution >= 0.6 is 35.3 Å². The summed E-state index contributed by atoms with van der Waals surface area (Å²) in [4.78, 5) is 18.6. The number of halogens is 4. The van der Waals surface area contributed by atoms with Crippen molar-refractivity contribution < 1.29 is 22.7 Å². The molecule has 1 aromatic heterocycles. The number of hydrogen-bond donors (Lipinski definition) is 2. The van der Waals surface area contributed by atoms with Crippen LogP contribution in [0.4, 0.5) is 13.2 Å². The number of aromatic nitrogens is 1. The summed E-state index contributed by atoms with van der Waals surface area (Å²) in [6.07, 6.45) is 0.136. The molecular formula is C16H26F3IN4O2S. The molecule has 0 atom stereocenters. The van der Waals surface area contributed by atoms with E-state index >= 15 is 0 Å². The molecule has 0 saturated heterocycles. The largest absolute Gasteiger partial charge is 0.469 e. The Bertz CT molecular complexity index is 582. The van der Waals surface area contributed by atoms with Crippen molar-refractivity contribution in [2.75, 3.05) is 27.2 Å². The smallest absolute Gasteiger partial charge is 0.434 e. The van der Waals surface area contributed by atoms with Gasteiger partial charge in [-0.15, -0.1) is 35.3 Å². The molecule has 0 aliphatic carbocycles. The lowest BCUT2D eigenvalue weighted by molar-refractivity contribution is -0.141. The van der Waals surface area contributed by atoms with Crippen LogP contribution in [0.2, 0.25) is 0 Å². The summed E-state index contributed by atoms with van der Waals surface area (Å²) in [7, 11) is 3.02. The van der Waals surface area contributed by atoms with Gasteiger partial charge in [0.15, 0.2) is 11.7 Å². The number of aliphatic imine (C=N–C) groups is 1. The topological polar surface area (TPSA) is 75.6 Å². The molecule has 0 amide bonds. The molecule has 0 saturated carbocycles. The molecule has 0 radical (unpaired) electrons. The fraction of sp³-hybridized carbons (Fsp3) is 0.688. The van der Waals surface area contributed by atoms with Crippen molar-refractivity contribution in [2.24, 2.45) is 4.99 Å². The molecular weight excluding hydrogens is 496 g/mol. The highest BCUT2D eigenvalue weighted by Crippen LogP contribution is 2.29. The van der Waals surface area contributed by atoms with Crippen LogP contribution in [0, 0.1) is 0 Å². The van der Waals surface area contributed by atoms with Gasteiger partial charge in [0.2, 0.25) is 0 Å². The second-order valence-electron chi connectivity index (χ2n) is 5.54. The first-order valence-electron chi connectivity index (χ1n) is 8.39. The Labute approximate surface area is 178 Å². The molecule has 0 aliphatic rings. The lowest BCUT2D eigenvalue weighted by Crippen LogP contribution is -2.38. The molecule has 11 heteroatoms. The molecule has 1 aromatic rings. The maximum atomic E-state index is 12.5. The average molecular weight is 522 g/mol. The van der Waals surface area contributed by atoms with Gasteiger partial charge < -0.3 is 15.4 Å². The standard InChI is InChI=1S/C16H25F3N4O2S.HI/c1-20-15(21-9-6-4-3-5-7-14(24)25-2)22-10-8-13-23-12(11-26-13)16(17,18)19;/h11H,3-10H2,1-2H3,(H2,20,21,22);1H. The quantitative estimate of drug-likeness (QED) is 0.162. The fourth-order valence-electron chi connectivity index (χ4n) is 2.12. The summed E-state index contributed by atoms with van der Waals surface area (Å²) in [6, 6.07) is 0. The van der Waals surface area contributed by atoms with Crippen molar-refractivity contribution in [2.45, 2.75) is 44.7 Å². The zero-order chi connectivity index (χ0) is 19.4. The minimum atomic E-state index is -4.39. The molecule has 0 bridgehead atoms. The van der Waals surface area contributed by atoms with Gasteiger partial charge in [0, 0.05) is 38.4 Å². The summed E-state index contributed by atoms with van der Waals surface area (Å²) in [6.45, 7) is 1.18. The number of unbranched alkanes of at least 4 members (excludes halogenated alkanes) is 3. The number of nitrogens with zero attached hydrogens (tertiary/aromatic N) is 2. The third-order valence-corrected chi connectivity index (χ3v) is 4.43. The fourth-order valence-corrected chi connectivity index (χ4v) is 2.93. The number of nitrogens with one attached hydrogen (secondary N) is 2. The maximum absolute atomic E-state index is 12.5. The first-order valence-corrected chi connectivity index (χ1v) is 9.27. The molecule has 0 fully saturated rings. The molecule has 27 heavy (non-hydrogen) atoms. The molecule has 156 valence electrons. The number of alkyl halides is 3. The number of methoxy groups -OCH3 is 1. The zero-order valence-corrected chi connectivity index (χ0v) is 18.5. The minimum Gasteiger partial charge on any atom is -0.469 e. The van der Waals surface area contributed by atoms with E-state index in [9.17, 15) is 18.0 Å². The Kier molecular flexibility index (Phi) is 13.4. The van der Waals surface area contributed by atoms with E-state index in [2.05, 4.69) is 25.3 Å². The van der Waals surface area contributed by atoms with Gasteiger partial charge in [-0.1, -0.05) is 12.8 Å². The summed E-state index contributed by atoms with van der Waals surface area (Å²) in [5.41, 5.74) is -0.841. The van der Waals surface area contributed by atoms with E-state index < -0.39 is 11.9 Å². The van der Waals surface area contributed by atoms with Gasteiger partial charge in [-0.05, 0) is 12.8 Å². The van der Waals surface area contributed by atoms with Gasteiger partial charge in [0.25, 0.3) is 0 Å². The second-order valence-corrected chi connectivity index (χ2v) is 6.48. The van der Waals surface area contributed by atoms with Crippen LogP contribution in [0.5, 0.6) is 0 Å². The SMILES string of the molecule is CN=C(NCCCCCCC(=O)OC)NCCc1nc(C(F)(F)F)cs1.I. The van der Waals surface area contributed by atoms with Crippen LogP contribution in [-0.2, 0) is 22.1 Å². The lowest BCUT2D eigenvalue weighted by Gasteiger charge is -2.11. The molecule has 2 N–H and O–H groups in total. The molecule has 0 spiro atoms. The van der Waals surface area contributed by atoms with Gasteiger partial charge in [-0.25, -0.2) is 4.98 Å². The third-order valence-electron chi connectivity index (χ3n) is 3.52. The van der Waals surface area contributed by atoms with Gasteiger partial charge in [-0.2, -0.15) is 13.2 Å². The van der Waals surface area contributed by atoms with E-state index in [1.165, 1.54) is 7.11 Å². The van der Waals surface area contributed by atoms with Crippen LogP contribution in [0.3, 0.4) is 0 Å². The highest BCUT2D eigenvalue weighted by atomic mass is 127. The summed E-state index contributed by atoms with van der Waals surface area (Å²) in [5, 5.41) is 7.67. The van der Waals surface area contributed by atoms with E-state index in [0.717, 1.165) is 48.9 Å². The Balaban J connectivity index is 0.00000676. The number of carbonyl (C=O) groups excluding carboxylic acids is 1. The number of guanidine groups is 1.